The topological polar surface area (TPSA) is 37.8 Å². The van der Waals surface area contributed by atoms with Crippen LogP contribution in [0.25, 0.3) is 12.2 Å². The van der Waals surface area contributed by atoms with Gasteiger partial charge in [0, 0.05) is 24.8 Å². The van der Waals surface area contributed by atoms with E-state index in [0.29, 0.717) is 5.92 Å². The predicted octanol–water partition coefficient (Wildman–Crippen LogP) is 3.11. The van der Waals surface area contributed by atoms with Gasteiger partial charge in [-0.2, -0.15) is 0 Å². The van der Waals surface area contributed by atoms with Gasteiger partial charge < -0.3 is 5.32 Å². The van der Waals surface area contributed by atoms with Crippen molar-refractivity contribution in [2.24, 2.45) is 0 Å². The largest absolute Gasteiger partial charge is 0.317 e. The summed E-state index contributed by atoms with van der Waals surface area (Å²) in [6.07, 6.45) is 14.2. The Kier molecular flexibility index (Phi) is 4.19. The van der Waals surface area contributed by atoms with E-state index in [-0.39, 0.29) is 0 Å². The molecule has 0 aromatic carbocycles. The molecule has 0 amide bonds. The molecule has 1 aliphatic rings. The molecule has 2 aromatic rings. The molecule has 102 valence electrons. The van der Waals surface area contributed by atoms with E-state index in [2.05, 4.69) is 33.5 Å². The summed E-state index contributed by atoms with van der Waals surface area (Å²) >= 11 is 0. The number of pyridine rings is 2. The van der Waals surface area contributed by atoms with Crippen LogP contribution >= 0.6 is 0 Å². The fraction of sp³-hybridized carbons (Fsp3) is 0.294. The molecule has 3 heterocycles. The van der Waals surface area contributed by atoms with Crippen molar-refractivity contribution >= 4 is 12.2 Å². The zero-order valence-electron chi connectivity index (χ0n) is 11.5. The number of nitrogens with zero attached hydrogens (tertiary/aromatic N) is 2. The van der Waals surface area contributed by atoms with E-state index in [4.69, 9.17) is 0 Å². The summed E-state index contributed by atoms with van der Waals surface area (Å²) < 4.78 is 0. The van der Waals surface area contributed by atoms with E-state index in [1.54, 1.807) is 0 Å². The molecule has 0 radical (unpaired) electrons. The summed E-state index contributed by atoms with van der Waals surface area (Å²) in [4.78, 5) is 8.41. The first-order valence-electron chi connectivity index (χ1n) is 7.15. The van der Waals surface area contributed by atoms with Crippen LogP contribution in [0.2, 0.25) is 0 Å². The lowest BCUT2D eigenvalue weighted by Gasteiger charge is -2.22. The van der Waals surface area contributed by atoms with Gasteiger partial charge in [0.15, 0.2) is 0 Å². The highest BCUT2D eigenvalue weighted by atomic mass is 14.9. The Morgan fingerprint density at radius 3 is 2.50 bits per heavy atom. The molecule has 0 saturated carbocycles. The second-order valence-corrected chi connectivity index (χ2v) is 5.19. The first-order valence-corrected chi connectivity index (χ1v) is 7.15. The Bertz CT molecular complexity index is 572. The molecule has 0 bridgehead atoms. The van der Waals surface area contributed by atoms with Crippen molar-refractivity contribution in [2.45, 2.75) is 18.8 Å². The fourth-order valence-electron chi connectivity index (χ4n) is 2.61. The van der Waals surface area contributed by atoms with E-state index in [1.807, 2.05) is 36.9 Å². The van der Waals surface area contributed by atoms with Crippen molar-refractivity contribution in [3.05, 3.63) is 59.7 Å². The van der Waals surface area contributed by atoms with Crippen molar-refractivity contribution in [2.75, 3.05) is 13.1 Å². The summed E-state index contributed by atoms with van der Waals surface area (Å²) in [6.45, 7) is 2.23. The number of aromatic nitrogens is 2. The molecule has 0 aliphatic carbocycles. The lowest BCUT2D eigenvalue weighted by atomic mass is 9.91. The molecule has 1 fully saturated rings. The second kappa shape index (κ2) is 6.44. The Labute approximate surface area is 119 Å². The van der Waals surface area contributed by atoms with Gasteiger partial charge in [-0.25, -0.2) is 0 Å². The average Bonchev–Trinajstić information content (AvgIpc) is 2.55. The van der Waals surface area contributed by atoms with Crippen LogP contribution in [0.4, 0.5) is 0 Å². The van der Waals surface area contributed by atoms with E-state index in [1.165, 1.54) is 18.4 Å². The number of nitrogens with one attached hydrogen (secondary N) is 1. The van der Waals surface area contributed by atoms with E-state index in [0.717, 1.165) is 24.2 Å². The first-order chi connectivity index (χ1) is 9.92. The quantitative estimate of drug-likeness (QED) is 0.926. The van der Waals surface area contributed by atoms with Gasteiger partial charge >= 0.3 is 0 Å². The van der Waals surface area contributed by atoms with Crippen molar-refractivity contribution in [3.63, 3.8) is 0 Å². The number of hydrogen-bond donors (Lipinski definition) is 1. The van der Waals surface area contributed by atoms with Crippen molar-refractivity contribution < 1.29 is 0 Å². The zero-order chi connectivity index (χ0) is 13.6. The molecule has 1 aliphatic heterocycles. The van der Waals surface area contributed by atoms with Crippen LogP contribution in [0.1, 0.15) is 35.4 Å². The maximum atomic E-state index is 4.39. The normalized spacial score (nSPS) is 16.6. The van der Waals surface area contributed by atoms with Gasteiger partial charge in [0.25, 0.3) is 0 Å². The minimum atomic E-state index is 0.651. The maximum Gasteiger partial charge on any atom is 0.0340 e. The molecular formula is C17H19N3. The molecular weight excluding hydrogens is 246 g/mol. The lowest BCUT2D eigenvalue weighted by Crippen LogP contribution is -2.26. The van der Waals surface area contributed by atoms with Crippen LogP contribution in [-0.2, 0) is 0 Å². The summed E-state index contributed by atoms with van der Waals surface area (Å²) in [7, 11) is 0. The predicted molar refractivity (Wildman–Crippen MR) is 82.2 cm³/mol. The zero-order valence-corrected chi connectivity index (χ0v) is 11.5. The SMILES string of the molecule is C(=Cc1cncc(C2CCNCC2)c1)c1ccncc1. The molecule has 0 unspecified atom stereocenters. The summed E-state index contributed by atoms with van der Waals surface area (Å²) in [5.74, 6) is 0.651. The Morgan fingerprint density at radius 1 is 0.950 bits per heavy atom. The molecule has 0 spiro atoms. The third kappa shape index (κ3) is 3.31. The van der Waals surface area contributed by atoms with Gasteiger partial charge in [0.2, 0.25) is 0 Å². The monoisotopic (exact) mass is 265 g/mol. The lowest BCUT2D eigenvalue weighted by molar-refractivity contribution is 0.459. The van der Waals surface area contributed by atoms with E-state index < -0.39 is 0 Å². The molecule has 2 aromatic heterocycles. The minimum absolute atomic E-state index is 0.651. The standard InChI is InChI=1S/C17H19N3/c1(14-3-7-18-8-4-14)2-15-11-17(13-20-12-15)16-5-9-19-10-6-16/h1-4,7-8,11-13,16,19H,5-6,9-10H2. The van der Waals surface area contributed by atoms with Crippen molar-refractivity contribution in [1.29, 1.82) is 0 Å². The molecule has 20 heavy (non-hydrogen) atoms. The third-order valence-electron chi connectivity index (χ3n) is 3.77. The van der Waals surface area contributed by atoms with Gasteiger partial charge in [0.1, 0.15) is 0 Å². The Morgan fingerprint density at radius 2 is 1.70 bits per heavy atom. The summed E-state index contributed by atoms with van der Waals surface area (Å²) in [6, 6.07) is 6.27. The minimum Gasteiger partial charge on any atom is -0.317 e. The van der Waals surface area contributed by atoms with Crippen LogP contribution in [0, 0.1) is 0 Å². The number of hydrogen-bond acceptors (Lipinski definition) is 3. The Balaban J connectivity index is 1.75. The maximum absolute atomic E-state index is 4.39. The van der Waals surface area contributed by atoms with Crippen LogP contribution in [0.5, 0.6) is 0 Å². The van der Waals surface area contributed by atoms with Gasteiger partial charge in [-0.15, -0.1) is 0 Å². The summed E-state index contributed by atoms with van der Waals surface area (Å²) in [5.41, 5.74) is 3.69. The van der Waals surface area contributed by atoms with Crippen LogP contribution in [-0.4, -0.2) is 23.1 Å². The molecule has 3 nitrogen and oxygen atoms in total. The van der Waals surface area contributed by atoms with Gasteiger partial charge in [-0.1, -0.05) is 12.2 Å². The first kappa shape index (κ1) is 13.0. The van der Waals surface area contributed by atoms with Crippen molar-refractivity contribution in [1.82, 2.24) is 15.3 Å². The molecule has 1 saturated heterocycles. The molecule has 3 heteroatoms. The second-order valence-electron chi connectivity index (χ2n) is 5.19. The summed E-state index contributed by atoms with van der Waals surface area (Å²) in [5, 5.41) is 3.41. The van der Waals surface area contributed by atoms with Gasteiger partial charge in [0.05, 0.1) is 0 Å². The van der Waals surface area contributed by atoms with Crippen LogP contribution in [0.15, 0.2) is 43.0 Å². The number of rotatable bonds is 3. The van der Waals surface area contributed by atoms with Gasteiger partial charge in [-0.3, -0.25) is 9.97 Å². The fourth-order valence-corrected chi connectivity index (χ4v) is 2.61. The van der Waals surface area contributed by atoms with Crippen LogP contribution in [0.3, 0.4) is 0 Å². The van der Waals surface area contributed by atoms with Crippen molar-refractivity contribution in [3.8, 4) is 0 Å². The highest BCUT2D eigenvalue weighted by Crippen LogP contribution is 2.25. The molecule has 3 rings (SSSR count). The molecule has 1 N–H and O–H groups in total. The highest BCUT2D eigenvalue weighted by Gasteiger charge is 2.15. The van der Waals surface area contributed by atoms with Gasteiger partial charge in [-0.05, 0) is 66.7 Å². The van der Waals surface area contributed by atoms with E-state index >= 15 is 0 Å². The average molecular weight is 265 g/mol. The Hall–Kier alpha value is -2.00. The van der Waals surface area contributed by atoms with Crippen LogP contribution < -0.4 is 5.32 Å². The number of piperidine rings is 1. The third-order valence-corrected chi connectivity index (χ3v) is 3.77. The molecule has 0 atom stereocenters. The highest BCUT2D eigenvalue weighted by molar-refractivity contribution is 5.69. The van der Waals surface area contributed by atoms with E-state index in [9.17, 15) is 0 Å². The smallest absolute Gasteiger partial charge is 0.0340 e.